The van der Waals surface area contributed by atoms with Gasteiger partial charge in [-0.1, -0.05) is 18.9 Å². The summed E-state index contributed by atoms with van der Waals surface area (Å²) in [4.78, 5) is 20.3. The smallest absolute Gasteiger partial charge is 0.254 e. The van der Waals surface area contributed by atoms with E-state index in [4.69, 9.17) is 16.7 Å². The first-order valence-corrected chi connectivity index (χ1v) is 8.53. The van der Waals surface area contributed by atoms with Crippen molar-refractivity contribution < 1.29 is 4.79 Å². The molecule has 0 aliphatic heterocycles. The maximum atomic E-state index is 11.7. The van der Waals surface area contributed by atoms with Gasteiger partial charge in [0.25, 0.3) is 5.91 Å². The van der Waals surface area contributed by atoms with Gasteiger partial charge in [0.05, 0.1) is 11.6 Å². The second-order valence-electron chi connectivity index (χ2n) is 6.34. The van der Waals surface area contributed by atoms with E-state index in [1.807, 2.05) is 0 Å². The summed E-state index contributed by atoms with van der Waals surface area (Å²) in [7, 11) is 0. The minimum absolute atomic E-state index is 0.0480. The molecule has 3 rings (SSSR count). The number of anilines is 3. The molecule has 134 valence electrons. The molecule has 2 unspecified atom stereocenters. The molecular weight excluding hydrogens is 330 g/mol. The van der Waals surface area contributed by atoms with Gasteiger partial charge in [0.15, 0.2) is 0 Å². The highest BCUT2D eigenvalue weighted by molar-refractivity contribution is 5.98. The van der Waals surface area contributed by atoms with E-state index in [-0.39, 0.29) is 23.5 Å². The van der Waals surface area contributed by atoms with Crippen molar-refractivity contribution in [1.82, 2.24) is 9.97 Å². The minimum atomic E-state index is -0.634. The third-order valence-corrected chi connectivity index (χ3v) is 4.44. The largest absolute Gasteiger partial charge is 0.365 e. The summed E-state index contributed by atoms with van der Waals surface area (Å²) in [6.07, 6.45) is 5.54. The maximum Gasteiger partial charge on any atom is 0.254 e. The van der Waals surface area contributed by atoms with Crippen LogP contribution in [0.4, 0.5) is 17.5 Å². The molecule has 1 amide bonds. The van der Waals surface area contributed by atoms with Crippen LogP contribution in [0.15, 0.2) is 30.5 Å². The quantitative estimate of drug-likeness (QED) is 0.644. The molecule has 1 aromatic carbocycles. The summed E-state index contributed by atoms with van der Waals surface area (Å²) < 4.78 is 0. The second-order valence-corrected chi connectivity index (χ2v) is 6.34. The van der Waals surface area contributed by atoms with E-state index in [1.54, 1.807) is 24.3 Å². The number of nitrogens with zero attached hydrogens (tertiary/aromatic N) is 3. The Labute approximate surface area is 151 Å². The molecule has 0 saturated heterocycles. The number of nitriles is 1. The minimum Gasteiger partial charge on any atom is -0.365 e. The zero-order chi connectivity index (χ0) is 18.5. The fraction of sp³-hybridized carbons (Fsp3) is 0.333. The first-order valence-electron chi connectivity index (χ1n) is 8.53. The predicted octanol–water partition coefficient (Wildman–Crippen LogP) is 1.87. The fourth-order valence-corrected chi connectivity index (χ4v) is 3.03. The Morgan fingerprint density at radius 3 is 2.85 bits per heavy atom. The molecule has 1 heterocycles. The fourth-order valence-electron chi connectivity index (χ4n) is 3.03. The van der Waals surface area contributed by atoms with Crippen molar-refractivity contribution in [1.29, 1.82) is 5.26 Å². The van der Waals surface area contributed by atoms with E-state index < -0.39 is 5.91 Å². The van der Waals surface area contributed by atoms with Crippen LogP contribution in [0.3, 0.4) is 0 Å². The summed E-state index contributed by atoms with van der Waals surface area (Å²) in [6, 6.07) is 9.09. The van der Waals surface area contributed by atoms with Gasteiger partial charge in [-0.3, -0.25) is 4.79 Å². The number of hydrogen-bond acceptors (Lipinski definition) is 7. The summed E-state index contributed by atoms with van der Waals surface area (Å²) >= 11 is 0. The number of carbonyl (C=O) groups excluding carboxylic acids is 1. The lowest BCUT2D eigenvalue weighted by atomic mass is 9.91. The zero-order valence-corrected chi connectivity index (χ0v) is 14.3. The molecular formula is C18H21N7O. The van der Waals surface area contributed by atoms with Crippen LogP contribution in [-0.2, 0) is 0 Å². The van der Waals surface area contributed by atoms with Gasteiger partial charge >= 0.3 is 0 Å². The summed E-state index contributed by atoms with van der Waals surface area (Å²) in [6.45, 7) is 0. The Kier molecular flexibility index (Phi) is 5.29. The number of primary amides is 1. The van der Waals surface area contributed by atoms with E-state index in [0.717, 1.165) is 25.7 Å². The highest BCUT2D eigenvalue weighted by Gasteiger charge is 2.23. The number of amides is 1. The van der Waals surface area contributed by atoms with Crippen LogP contribution in [0, 0.1) is 11.3 Å². The van der Waals surface area contributed by atoms with Crippen molar-refractivity contribution in [2.75, 3.05) is 10.6 Å². The molecule has 2 aromatic rings. The van der Waals surface area contributed by atoms with Gasteiger partial charge in [0.1, 0.15) is 11.4 Å². The van der Waals surface area contributed by atoms with Crippen LogP contribution in [0.2, 0.25) is 0 Å². The van der Waals surface area contributed by atoms with Gasteiger partial charge in [0, 0.05) is 24.0 Å². The molecule has 1 aliphatic carbocycles. The van der Waals surface area contributed by atoms with E-state index >= 15 is 0 Å². The number of hydrogen-bond donors (Lipinski definition) is 4. The topological polar surface area (TPSA) is 143 Å². The van der Waals surface area contributed by atoms with Crippen molar-refractivity contribution in [3.63, 3.8) is 0 Å². The molecule has 1 aromatic heterocycles. The standard InChI is InChI=1S/C18H21N7O/c19-9-11-4-3-5-12(8-11)23-17-13(16(21)26)10-22-18(25-17)24-15-7-2-1-6-14(15)20/h3-5,8,10,14-15H,1-2,6-7,20H2,(H2,21,26)(H2,22,23,24,25). The van der Waals surface area contributed by atoms with Gasteiger partial charge in [-0.2, -0.15) is 10.2 Å². The SMILES string of the molecule is N#Cc1cccc(Nc2nc(NC3CCCCC3N)ncc2C(N)=O)c1. The average molecular weight is 351 g/mol. The first kappa shape index (κ1) is 17.6. The third-order valence-electron chi connectivity index (χ3n) is 4.44. The number of rotatable bonds is 5. The third kappa shape index (κ3) is 4.07. The highest BCUT2D eigenvalue weighted by atomic mass is 16.1. The molecule has 26 heavy (non-hydrogen) atoms. The highest BCUT2D eigenvalue weighted by Crippen LogP contribution is 2.23. The van der Waals surface area contributed by atoms with E-state index in [2.05, 4.69) is 26.7 Å². The van der Waals surface area contributed by atoms with Crippen LogP contribution in [0.25, 0.3) is 0 Å². The lowest BCUT2D eigenvalue weighted by Gasteiger charge is -2.29. The molecule has 0 spiro atoms. The van der Waals surface area contributed by atoms with Crippen molar-refractivity contribution in [3.05, 3.63) is 41.6 Å². The van der Waals surface area contributed by atoms with Gasteiger partial charge < -0.3 is 22.1 Å². The summed E-state index contributed by atoms with van der Waals surface area (Å²) in [5.74, 6) is 0.0376. The van der Waals surface area contributed by atoms with Gasteiger partial charge in [-0.15, -0.1) is 0 Å². The molecule has 0 radical (unpaired) electrons. The van der Waals surface area contributed by atoms with Crippen LogP contribution < -0.4 is 22.1 Å². The van der Waals surface area contributed by atoms with Crippen molar-refractivity contribution in [3.8, 4) is 6.07 Å². The van der Waals surface area contributed by atoms with Crippen LogP contribution in [-0.4, -0.2) is 28.0 Å². The van der Waals surface area contributed by atoms with Crippen molar-refractivity contribution >= 4 is 23.4 Å². The first-order chi connectivity index (χ1) is 12.6. The molecule has 0 bridgehead atoms. The molecule has 1 fully saturated rings. The average Bonchev–Trinajstić information content (AvgIpc) is 2.64. The molecule has 1 saturated carbocycles. The Balaban J connectivity index is 1.86. The van der Waals surface area contributed by atoms with Crippen molar-refractivity contribution in [2.24, 2.45) is 11.5 Å². The summed E-state index contributed by atoms with van der Waals surface area (Å²) in [5.41, 5.74) is 12.9. The van der Waals surface area contributed by atoms with Crippen LogP contribution in [0.5, 0.6) is 0 Å². The Morgan fingerprint density at radius 2 is 2.12 bits per heavy atom. The number of nitrogens with two attached hydrogens (primary N) is 2. The monoisotopic (exact) mass is 351 g/mol. The lowest BCUT2D eigenvalue weighted by Crippen LogP contribution is -2.43. The maximum absolute atomic E-state index is 11.7. The Bertz CT molecular complexity index is 846. The van der Waals surface area contributed by atoms with Crippen molar-refractivity contribution in [2.45, 2.75) is 37.8 Å². The van der Waals surface area contributed by atoms with Crippen LogP contribution in [0.1, 0.15) is 41.6 Å². The molecule has 2 atom stereocenters. The number of carbonyl (C=O) groups is 1. The van der Waals surface area contributed by atoms with Crippen LogP contribution >= 0.6 is 0 Å². The number of benzene rings is 1. The number of aromatic nitrogens is 2. The predicted molar refractivity (Wildman–Crippen MR) is 98.8 cm³/mol. The molecule has 1 aliphatic rings. The normalized spacial score (nSPS) is 19.4. The van der Waals surface area contributed by atoms with Gasteiger partial charge in [-0.05, 0) is 31.0 Å². The Morgan fingerprint density at radius 1 is 1.31 bits per heavy atom. The lowest BCUT2D eigenvalue weighted by molar-refractivity contribution is 0.100. The molecule has 6 N–H and O–H groups in total. The zero-order valence-electron chi connectivity index (χ0n) is 14.3. The summed E-state index contributed by atoms with van der Waals surface area (Å²) in [5, 5.41) is 15.3. The molecule has 8 heteroatoms. The van der Waals surface area contributed by atoms with E-state index in [1.165, 1.54) is 6.20 Å². The van der Waals surface area contributed by atoms with E-state index in [9.17, 15) is 4.79 Å². The van der Waals surface area contributed by atoms with Gasteiger partial charge in [-0.25, -0.2) is 4.98 Å². The van der Waals surface area contributed by atoms with E-state index in [0.29, 0.717) is 17.2 Å². The Hall–Kier alpha value is -3.18. The number of nitrogens with one attached hydrogen (secondary N) is 2. The second kappa shape index (κ2) is 7.80. The van der Waals surface area contributed by atoms with Gasteiger partial charge in [0.2, 0.25) is 5.95 Å². The molecule has 8 nitrogen and oxygen atoms in total.